The zero-order valence-electron chi connectivity index (χ0n) is 10.4. The van der Waals surface area contributed by atoms with Crippen molar-refractivity contribution >= 4 is 23.5 Å². The largest absolute Gasteiger partial charge is 0.325 e. The number of urea groups is 1. The molecule has 0 bridgehead atoms. The summed E-state index contributed by atoms with van der Waals surface area (Å²) in [6.07, 6.45) is 5.05. The molecular formula is C13H14ClN3O2. The number of hydrogen-bond donors (Lipinski definition) is 1. The molecule has 5 nitrogen and oxygen atoms in total. The summed E-state index contributed by atoms with van der Waals surface area (Å²) in [4.78, 5) is 29.6. The molecule has 0 aromatic carbocycles. The van der Waals surface area contributed by atoms with Gasteiger partial charge in [-0.15, -0.1) is 0 Å². The predicted octanol–water partition coefficient (Wildman–Crippen LogP) is 2.10. The Kier molecular flexibility index (Phi) is 2.93. The Labute approximate surface area is 115 Å². The number of hydrogen-bond acceptors (Lipinski definition) is 3. The highest BCUT2D eigenvalue weighted by Gasteiger charge is 2.52. The van der Waals surface area contributed by atoms with Crippen LogP contribution >= 0.6 is 11.6 Å². The van der Waals surface area contributed by atoms with Crippen LogP contribution < -0.4 is 5.32 Å². The minimum atomic E-state index is -0.642. The average Bonchev–Trinajstić information content (AvgIpc) is 2.94. The standard InChI is InChI=1S/C13H14ClN3O2/c14-10-4-3-9(7-15-10)8-17-11(18)13(16-12(17)19)5-1-2-6-13/h3-4,7H,1-2,5-6,8H2,(H,16,19). The van der Waals surface area contributed by atoms with Crippen LogP contribution in [0.15, 0.2) is 18.3 Å². The lowest BCUT2D eigenvalue weighted by molar-refractivity contribution is -0.131. The summed E-state index contributed by atoms with van der Waals surface area (Å²) >= 11 is 5.71. The van der Waals surface area contributed by atoms with Gasteiger partial charge in [-0.1, -0.05) is 30.5 Å². The Balaban J connectivity index is 1.79. The van der Waals surface area contributed by atoms with Crippen molar-refractivity contribution in [3.8, 4) is 0 Å². The molecule has 1 aliphatic carbocycles. The number of nitrogens with zero attached hydrogens (tertiary/aromatic N) is 2. The molecule has 1 saturated carbocycles. The second-order valence-electron chi connectivity index (χ2n) is 5.10. The maximum absolute atomic E-state index is 12.4. The van der Waals surface area contributed by atoms with Crippen molar-refractivity contribution in [2.75, 3.05) is 0 Å². The number of carbonyl (C=O) groups is 2. The van der Waals surface area contributed by atoms with Crippen LogP contribution in [0.4, 0.5) is 4.79 Å². The molecule has 1 aromatic rings. The minimum absolute atomic E-state index is 0.107. The molecule has 6 heteroatoms. The van der Waals surface area contributed by atoms with Gasteiger partial charge in [0.05, 0.1) is 6.54 Å². The van der Waals surface area contributed by atoms with Crippen LogP contribution in [-0.4, -0.2) is 27.4 Å². The molecule has 2 fully saturated rings. The van der Waals surface area contributed by atoms with Crippen molar-refractivity contribution < 1.29 is 9.59 Å². The highest BCUT2D eigenvalue weighted by Crippen LogP contribution is 2.35. The molecule has 1 aromatic heterocycles. The summed E-state index contributed by atoms with van der Waals surface area (Å²) < 4.78 is 0. The topological polar surface area (TPSA) is 62.3 Å². The van der Waals surface area contributed by atoms with Crippen LogP contribution in [0.3, 0.4) is 0 Å². The first-order valence-electron chi connectivity index (χ1n) is 6.35. The molecule has 1 aliphatic heterocycles. The summed E-state index contributed by atoms with van der Waals surface area (Å²) in [5, 5.41) is 3.25. The van der Waals surface area contributed by atoms with Crippen LogP contribution in [0.2, 0.25) is 5.15 Å². The SMILES string of the molecule is O=C1NC2(CCCC2)C(=O)N1Cc1ccc(Cl)nc1. The molecule has 19 heavy (non-hydrogen) atoms. The molecule has 3 amide bonds. The van der Waals surface area contributed by atoms with Gasteiger partial charge in [0.25, 0.3) is 5.91 Å². The Morgan fingerprint density at radius 2 is 2.05 bits per heavy atom. The van der Waals surface area contributed by atoms with Gasteiger partial charge in [0, 0.05) is 6.20 Å². The number of pyridine rings is 1. The van der Waals surface area contributed by atoms with E-state index in [2.05, 4.69) is 10.3 Å². The third-order valence-corrected chi connectivity index (χ3v) is 4.06. The van der Waals surface area contributed by atoms with Crippen molar-refractivity contribution in [3.63, 3.8) is 0 Å². The summed E-state index contributed by atoms with van der Waals surface area (Å²) in [5.74, 6) is -0.107. The lowest BCUT2D eigenvalue weighted by Gasteiger charge is -2.19. The molecule has 1 N–H and O–H groups in total. The maximum atomic E-state index is 12.4. The van der Waals surface area contributed by atoms with E-state index in [0.29, 0.717) is 5.15 Å². The predicted molar refractivity (Wildman–Crippen MR) is 69.5 cm³/mol. The number of amides is 3. The van der Waals surface area contributed by atoms with Gasteiger partial charge in [0.15, 0.2) is 0 Å². The first kappa shape index (κ1) is 12.4. The molecule has 2 heterocycles. The van der Waals surface area contributed by atoms with Crippen molar-refractivity contribution in [2.24, 2.45) is 0 Å². The highest BCUT2D eigenvalue weighted by atomic mass is 35.5. The second kappa shape index (κ2) is 4.49. The van der Waals surface area contributed by atoms with Crippen LogP contribution in [0.5, 0.6) is 0 Å². The average molecular weight is 280 g/mol. The first-order valence-corrected chi connectivity index (χ1v) is 6.73. The second-order valence-corrected chi connectivity index (χ2v) is 5.49. The van der Waals surface area contributed by atoms with E-state index in [0.717, 1.165) is 31.2 Å². The zero-order valence-corrected chi connectivity index (χ0v) is 11.1. The van der Waals surface area contributed by atoms with Gasteiger partial charge in [0.2, 0.25) is 0 Å². The Bertz CT molecular complexity index is 523. The van der Waals surface area contributed by atoms with Gasteiger partial charge in [-0.05, 0) is 24.5 Å². The van der Waals surface area contributed by atoms with E-state index < -0.39 is 5.54 Å². The van der Waals surface area contributed by atoms with E-state index in [9.17, 15) is 9.59 Å². The van der Waals surface area contributed by atoms with E-state index in [4.69, 9.17) is 11.6 Å². The molecule has 0 unspecified atom stereocenters. The molecule has 0 radical (unpaired) electrons. The first-order chi connectivity index (χ1) is 9.11. The summed E-state index contributed by atoms with van der Waals surface area (Å²) in [5.41, 5.74) is 0.152. The fourth-order valence-corrected chi connectivity index (χ4v) is 2.93. The smallest absolute Gasteiger partial charge is 0.323 e. The minimum Gasteiger partial charge on any atom is -0.323 e. The summed E-state index contributed by atoms with van der Waals surface area (Å²) in [6, 6.07) is 3.12. The Hall–Kier alpha value is -1.62. The van der Waals surface area contributed by atoms with E-state index in [1.165, 1.54) is 4.90 Å². The fourth-order valence-electron chi connectivity index (χ4n) is 2.82. The molecular weight excluding hydrogens is 266 g/mol. The van der Waals surface area contributed by atoms with Gasteiger partial charge < -0.3 is 5.32 Å². The highest BCUT2D eigenvalue weighted by molar-refractivity contribution is 6.29. The van der Waals surface area contributed by atoms with E-state index in [-0.39, 0.29) is 18.5 Å². The number of imide groups is 1. The number of halogens is 1. The molecule has 2 aliphatic rings. The van der Waals surface area contributed by atoms with E-state index in [1.54, 1.807) is 18.3 Å². The summed E-state index contributed by atoms with van der Waals surface area (Å²) in [6.45, 7) is 0.247. The van der Waals surface area contributed by atoms with Gasteiger partial charge >= 0.3 is 6.03 Å². The molecule has 1 spiro atoms. The van der Waals surface area contributed by atoms with Gasteiger partial charge in [-0.25, -0.2) is 9.78 Å². The van der Waals surface area contributed by atoms with Crippen molar-refractivity contribution in [1.82, 2.24) is 15.2 Å². The van der Waals surface area contributed by atoms with E-state index >= 15 is 0 Å². The maximum Gasteiger partial charge on any atom is 0.325 e. The normalized spacial score (nSPS) is 21.2. The summed E-state index contributed by atoms with van der Waals surface area (Å²) in [7, 11) is 0. The zero-order chi connectivity index (χ0) is 13.5. The number of rotatable bonds is 2. The van der Waals surface area contributed by atoms with Gasteiger partial charge in [0.1, 0.15) is 10.7 Å². The third-order valence-electron chi connectivity index (χ3n) is 3.83. The van der Waals surface area contributed by atoms with Crippen LogP contribution in [0.25, 0.3) is 0 Å². The van der Waals surface area contributed by atoms with Gasteiger partial charge in [-0.2, -0.15) is 0 Å². The van der Waals surface area contributed by atoms with Crippen molar-refractivity contribution in [3.05, 3.63) is 29.0 Å². The van der Waals surface area contributed by atoms with Crippen molar-refractivity contribution in [2.45, 2.75) is 37.8 Å². The Morgan fingerprint density at radius 3 is 2.68 bits per heavy atom. The fraction of sp³-hybridized carbons (Fsp3) is 0.462. The lowest BCUT2D eigenvalue weighted by atomic mass is 9.98. The number of aromatic nitrogens is 1. The molecule has 0 atom stereocenters. The lowest BCUT2D eigenvalue weighted by Crippen LogP contribution is -2.44. The molecule has 100 valence electrons. The van der Waals surface area contributed by atoms with Crippen LogP contribution in [0.1, 0.15) is 31.2 Å². The molecule has 1 saturated heterocycles. The number of carbonyl (C=O) groups excluding carboxylic acids is 2. The number of nitrogens with one attached hydrogen (secondary N) is 1. The van der Waals surface area contributed by atoms with Gasteiger partial charge in [-0.3, -0.25) is 9.69 Å². The molecule has 3 rings (SSSR count). The van der Waals surface area contributed by atoms with Crippen LogP contribution in [0, 0.1) is 0 Å². The van der Waals surface area contributed by atoms with E-state index in [1.807, 2.05) is 0 Å². The monoisotopic (exact) mass is 279 g/mol. The third kappa shape index (κ3) is 2.08. The Morgan fingerprint density at radius 1 is 1.32 bits per heavy atom. The van der Waals surface area contributed by atoms with Crippen molar-refractivity contribution in [1.29, 1.82) is 0 Å². The van der Waals surface area contributed by atoms with Crippen LogP contribution in [-0.2, 0) is 11.3 Å². The quantitative estimate of drug-likeness (QED) is 0.666.